The smallest absolute Gasteiger partial charge is 0.123 e. The molecule has 6 rings (SSSR count). The van der Waals surface area contributed by atoms with E-state index < -0.39 is 0 Å². The summed E-state index contributed by atoms with van der Waals surface area (Å²) in [4.78, 5) is 0. The Morgan fingerprint density at radius 3 is 0.771 bits per heavy atom. The van der Waals surface area contributed by atoms with E-state index >= 15 is 0 Å². The molecule has 0 fully saturated rings. The molecule has 0 N–H and O–H groups in total. The number of halogens is 4. The van der Waals surface area contributed by atoms with E-state index in [0.29, 0.717) is 0 Å². The minimum absolute atomic E-state index is 0.290. The lowest BCUT2D eigenvalue weighted by atomic mass is 9.91. The first-order valence-electron chi connectivity index (χ1n) is 15.4. The molecule has 0 aliphatic rings. The van der Waals surface area contributed by atoms with Gasteiger partial charge in [0.15, 0.2) is 0 Å². The zero-order valence-electron chi connectivity index (χ0n) is 25.8. The van der Waals surface area contributed by atoms with Crippen LogP contribution in [0.4, 0.5) is 17.6 Å². The summed E-state index contributed by atoms with van der Waals surface area (Å²) in [5.74, 6) is -1.18. The van der Waals surface area contributed by atoms with Crippen LogP contribution < -0.4 is 0 Å². The van der Waals surface area contributed by atoms with Crippen molar-refractivity contribution in [3.8, 4) is 11.1 Å². The van der Waals surface area contributed by atoms with E-state index in [9.17, 15) is 17.6 Å². The second-order valence-corrected chi connectivity index (χ2v) is 11.2. The molecule has 0 aliphatic heterocycles. The lowest BCUT2D eigenvalue weighted by Crippen LogP contribution is -1.91. The van der Waals surface area contributed by atoms with E-state index in [1.54, 1.807) is 48.5 Å². The molecule has 0 nitrogen and oxygen atoms in total. The van der Waals surface area contributed by atoms with Crippen LogP contribution in [0, 0.1) is 23.3 Å². The van der Waals surface area contributed by atoms with E-state index in [2.05, 4.69) is 12.1 Å². The molecule has 48 heavy (non-hydrogen) atoms. The fourth-order valence-electron chi connectivity index (χ4n) is 5.16. The summed E-state index contributed by atoms with van der Waals surface area (Å²) >= 11 is 0. The molecule has 0 saturated carbocycles. The molecule has 0 spiro atoms. The van der Waals surface area contributed by atoms with Gasteiger partial charge in [-0.1, -0.05) is 121 Å². The van der Waals surface area contributed by atoms with Crippen LogP contribution in [0.25, 0.3) is 59.7 Å². The minimum atomic E-state index is -0.298. The highest BCUT2D eigenvalue weighted by molar-refractivity contribution is 5.90. The Hall–Kier alpha value is -6.00. The normalized spacial score (nSPS) is 11.8. The molecule has 0 unspecified atom stereocenters. The third-order valence-electron chi connectivity index (χ3n) is 7.77. The summed E-state index contributed by atoms with van der Waals surface area (Å²) in [6.45, 7) is 0. The first-order chi connectivity index (χ1) is 23.4. The van der Waals surface area contributed by atoms with Gasteiger partial charge in [0.25, 0.3) is 0 Å². The van der Waals surface area contributed by atoms with Crippen LogP contribution in [-0.2, 0) is 0 Å². The summed E-state index contributed by atoms with van der Waals surface area (Å²) in [6.07, 6.45) is 15.7. The van der Waals surface area contributed by atoms with Crippen LogP contribution in [0.5, 0.6) is 0 Å². The SMILES string of the molecule is Fc1ccc(/C=C/c2ccc(/C=C/c3ccc(F)cc3)c(-c3cc(/C=C/c4ccc(F)cc4)ccc3/C=C/c3ccc(F)cc3)c2)cc1. The van der Waals surface area contributed by atoms with Gasteiger partial charge >= 0.3 is 0 Å². The summed E-state index contributed by atoms with van der Waals surface area (Å²) in [5.41, 5.74) is 9.11. The van der Waals surface area contributed by atoms with Gasteiger partial charge in [0.1, 0.15) is 23.3 Å². The highest BCUT2D eigenvalue weighted by Crippen LogP contribution is 2.33. The van der Waals surface area contributed by atoms with Gasteiger partial charge in [-0.2, -0.15) is 0 Å². The quantitative estimate of drug-likeness (QED) is 0.110. The maximum atomic E-state index is 13.6. The highest BCUT2D eigenvalue weighted by atomic mass is 19.1. The molecular formula is C44H30F4. The van der Waals surface area contributed by atoms with Gasteiger partial charge in [0, 0.05) is 0 Å². The van der Waals surface area contributed by atoms with Crippen LogP contribution in [0.1, 0.15) is 44.5 Å². The van der Waals surface area contributed by atoms with Crippen LogP contribution in [0.2, 0.25) is 0 Å². The van der Waals surface area contributed by atoms with E-state index in [1.807, 2.05) is 72.9 Å². The average molecular weight is 635 g/mol. The Kier molecular flexibility index (Phi) is 10.0. The van der Waals surface area contributed by atoms with Crippen LogP contribution in [0.3, 0.4) is 0 Å². The molecule has 0 aromatic heterocycles. The minimum Gasteiger partial charge on any atom is -0.207 e. The standard InChI is InChI=1S/C44H30F4/c45-39-21-9-31(10-22-39)1-3-35-7-19-37(17-5-33-13-25-41(47)26-14-33)43(29-35)44-30-36(4-2-32-11-23-40(46)24-12-32)8-20-38(44)18-6-34-15-27-42(48)28-16-34/h1-30H/b3-1+,4-2+,17-5+,18-6+. The topological polar surface area (TPSA) is 0 Å². The van der Waals surface area contributed by atoms with Gasteiger partial charge < -0.3 is 0 Å². The molecule has 0 heterocycles. The summed E-state index contributed by atoms with van der Waals surface area (Å²) in [5, 5.41) is 0. The predicted molar refractivity (Wildman–Crippen MR) is 193 cm³/mol. The lowest BCUT2D eigenvalue weighted by Gasteiger charge is -2.13. The van der Waals surface area contributed by atoms with Gasteiger partial charge in [-0.3, -0.25) is 0 Å². The third kappa shape index (κ3) is 8.62. The molecule has 0 aliphatic carbocycles. The maximum Gasteiger partial charge on any atom is 0.123 e. The molecule has 0 atom stereocenters. The van der Waals surface area contributed by atoms with Crippen molar-refractivity contribution in [2.45, 2.75) is 0 Å². The molecular weight excluding hydrogens is 604 g/mol. The molecule has 4 heteroatoms. The predicted octanol–water partition coefficient (Wildman–Crippen LogP) is 12.6. The van der Waals surface area contributed by atoms with Crippen molar-refractivity contribution in [2.24, 2.45) is 0 Å². The number of benzene rings is 6. The Morgan fingerprint density at radius 2 is 0.479 bits per heavy atom. The van der Waals surface area contributed by atoms with Crippen molar-refractivity contribution in [1.82, 2.24) is 0 Å². The van der Waals surface area contributed by atoms with E-state index in [0.717, 1.165) is 55.6 Å². The van der Waals surface area contributed by atoms with Crippen molar-refractivity contribution in [2.75, 3.05) is 0 Å². The summed E-state index contributed by atoms with van der Waals surface area (Å²) in [6, 6.07) is 37.5. The van der Waals surface area contributed by atoms with Crippen molar-refractivity contribution in [1.29, 1.82) is 0 Å². The Balaban J connectivity index is 1.46. The molecule has 0 saturated heterocycles. The lowest BCUT2D eigenvalue weighted by molar-refractivity contribution is 0.627. The van der Waals surface area contributed by atoms with Gasteiger partial charge in [0.2, 0.25) is 0 Å². The Bertz CT molecular complexity index is 1960. The largest absolute Gasteiger partial charge is 0.207 e. The zero-order chi connectivity index (χ0) is 33.3. The molecule has 0 bridgehead atoms. The van der Waals surface area contributed by atoms with Gasteiger partial charge in [0.05, 0.1) is 0 Å². The average Bonchev–Trinajstić information content (AvgIpc) is 3.11. The molecule has 6 aromatic rings. The van der Waals surface area contributed by atoms with Crippen molar-refractivity contribution in [3.63, 3.8) is 0 Å². The summed E-state index contributed by atoms with van der Waals surface area (Å²) in [7, 11) is 0. The summed E-state index contributed by atoms with van der Waals surface area (Å²) < 4.78 is 54.1. The van der Waals surface area contributed by atoms with Gasteiger partial charge in [-0.15, -0.1) is 0 Å². The number of hydrogen-bond donors (Lipinski definition) is 0. The molecule has 234 valence electrons. The zero-order valence-corrected chi connectivity index (χ0v) is 25.8. The Labute approximate surface area is 278 Å². The second-order valence-electron chi connectivity index (χ2n) is 11.2. The van der Waals surface area contributed by atoms with E-state index in [1.165, 1.54) is 48.5 Å². The fourth-order valence-corrected chi connectivity index (χ4v) is 5.16. The number of hydrogen-bond acceptors (Lipinski definition) is 0. The van der Waals surface area contributed by atoms with Crippen molar-refractivity contribution in [3.05, 3.63) is 201 Å². The monoisotopic (exact) mass is 634 g/mol. The second kappa shape index (κ2) is 15.1. The van der Waals surface area contributed by atoms with Crippen LogP contribution in [0.15, 0.2) is 133 Å². The van der Waals surface area contributed by atoms with Crippen LogP contribution >= 0.6 is 0 Å². The van der Waals surface area contributed by atoms with Crippen molar-refractivity contribution >= 4 is 48.6 Å². The van der Waals surface area contributed by atoms with E-state index in [-0.39, 0.29) is 23.3 Å². The molecule has 0 radical (unpaired) electrons. The van der Waals surface area contributed by atoms with Crippen molar-refractivity contribution < 1.29 is 17.6 Å². The first kappa shape index (κ1) is 32.0. The van der Waals surface area contributed by atoms with Gasteiger partial charge in [-0.25, -0.2) is 17.6 Å². The highest BCUT2D eigenvalue weighted by Gasteiger charge is 2.10. The Morgan fingerprint density at radius 1 is 0.250 bits per heavy atom. The third-order valence-corrected chi connectivity index (χ3v) is 7.77. The molecule has 6 aromatic carbocycles. The van der Waals surface area contributed by atoms with Gasteiger partial charge in [-0.05, 0) is 116 Å². The maximum absolute atomic E-state index is 13.6. The van der Waals surface area contributed by atoms with E-state index in [4.69, 9.17) is 0 Å². The first-order valence-corrected chi connectivity index (χ1v) is 15.4. The molecule has 0 amide bonds. The fraction of sp³-hybridized carbons (Fsp3) is 0. The van der Waals surface area contributed by atoms with Crippen LogP contribution in [-0.4, -0.2) is 0 Å². The number of rotatable bonds is 9.